The number of sulfone groups is 1. The number of anilines is 1. The summed E-state index contributed by atoms with van der Waals surface area (Å²) in [6, 6.07) is 9.92. The molecule has 7 nitrogen and oxygen atoms in total. The molecular weight excluding hydrogens is 364 g/mol. The van der Waals surface area contributed by atoms with Crippen LogP contribution in [0.25, 0.3) is 0 Å². The van der Waals surface area contributed by atoms with E-state index in [2.05, 4.69) is 27.4 Å². The highest BCUT2D eigenvalue weighted by molar-refractivity contribution is 7.91. The lowest BCUT2D eigenvalue weighted by molar-refractivity contribution is -0.117. The number of hydrogen-bond acceptors (Lipinski definition) is 5. The van der Waals surface area contributed by atoms with Crippen molar-refractivity contribution in [2.45, 2.75) is 32.4 Å². The minimum atomic E-state index is -3.01. The maximum Gasteiger partial charge on any atom is 0.239 e. The van der Waals surface area contributed by atoms with Crippen LogP contribution in [0.4, 0.5) is 5.82 Å². The molecule has 144 valence electrons. The third-order valence-electron chi connectivity index (χ3n) is 5.26. The topological polar surface area (TPSA) is 84.3 Å². The molecule has 1 aromatic carbocycles. The van der Waals surface area contributed by atoms with Crippen molar-refractivity contribution in [3.05, 3.63) is 47.2 Å². The number of carbonyl (C=O) groups is 1. The van der Waals surface area contributed by atoms with Crippen molar-refractivity contribution in [2.24, 2.45) is 0 Å². The van der Waals surface area contributed by atoms with E-state index in [0.717, 1.165) is 25.2 Å². The molecule has 2 aromatic rings. The summed E-state index contributed by atoms with van der Waals surface area (Å²) in [6.07, 6.45) is 1.48. The van der Waals surface area contributed by atoms with Gasteiger partial charge in [0.25, 0.3) is 0 Å². The van der Waals surface area contributed by atoms with Crippen molar-refractivity contribution in [1.29, 1.82) is 0 Å². The fourth-order valence-corrected chi connectivity index (χ4v) is 5.62. The molecule has 1 fully saturated rings. The lowest BCUT2D eigenvalue weighted by Gasteiger charge is -2.28. The van der Waals surface area contributed by atoms with Crippen LogP contribution in [-0.2, 0) is 27.6 Å². The highest BCUT2D eigenvalue weighted by atomic mass is 32.2. The van der Waals surface area contributed by atoms with Crippen LogP contribution < -0.4 is 5.32 Å². The number of hydrogen-bond donors (Lipinski definition) is 1. The first kappa shape index (κ1) is 18.2. The summed E-state index contributed by atoms with van der Waals surface area (Å²) in [5.41, 5.74) is 3.39. The molecule has 0 saturated carbocycles. The minimum absolute atomic E-state index is 0.0832. The van der Waals surface area contributed by atoms with Gasteiger partial charge in [-0.15, -0.1) is 0 Å². The number of nitrogens with one attached hydrogen (secondary N) is 1. The fourth-order valence-electron chi connectivity index (χ4n) is 3.93. The monoisotopic (exact) mass is 388 g/mol. The summed E-state index contributed by atoms with van der Waals surface area (Å²) >= 11 is 0. The van der Waals surface area contributed by atoms with Crippen LogP contribution in [0, 0.1) is 6.92 Å². The Morgan fingerprint density at radius 3 is 2.81 bits per heavy atom. The Kier molecular flexibility index (Phi) is 4.77. The molecule has 0 radical (unpaired) electrons. The zero-order valence-electron chi connectivity index (χ0n) is 15.4. The summed E-state index contributed by atoms with van der Waals surface area (Å²) in [4.78, 5) is 14.7. The minimum Gasteiger partial charge on any atom is -0.310 e. The van der Waals surface area contributed by atoms with Crippen LogP contribution in [-0.4, -0.2) is 53.6 Å². The van der Waals surface area contributed by atoms with Gasteiger partial charge in [-0.05, 0) is 30.9 Å². The highest BCUT2D eigenvalue weighted by Crippen LogP contribution is 2.27. The van der Waals surface area contributed by atoms with Crippen LogP contribution in [0.5, 0.6) is 0 Å². The molecule has 3 heterocycles. The standard InChI is InChI=1S/C19H24N4O3S/c1-14-10-18(23(21-14)17-7-9-27(25,26)13-17)20-19(24)12-22-8-6-15-4-2-3-5-16(15)11-22/h2-5,10,17H,6-9,11-13H2,1H3,(H,20,24)/t17-/m0/s1. The second-order valence-electron chi connectivity index (χ2n) is 7.45. The van der Waals surface area contributed by atoms with E-state index in [9.17, 15) is 13.2 Å². The van der Waals surface area contributed by atoms with Gasteiger partial charge in [0.1, 0.15) is 5.82 Å². The summed E-state index contributed by atoms with van der Waals surface area (Å²) in [5.74, 6) is 0.741. The van der Waals surface area contributed by atoms with Crippen molar-refractivity contribution in [3.8, 4) is 0 Å². The van der Waals surface area contributed by atoms with Gasteiger partial charge < -0.3 is 5.32 Å². The highest BCUT2D eigenvalue weighted by Gasteiger charge is 2.31. The molecule has 0 unspecified atom stereocenters. The van der Waals surface area contributed by atoms with Crippen molar-refractivity contribution in [1.82, 2.24) is 14.7 Å². The third-order valence-corrected chi connectivity index (χ3v) is 7.01. The number of fused-ring (bicyclic) bond motifs is 1. The molecule has 2 aliphatic heterocycles. The largest absolute Gasteiger partial charge is 0.310 e. The Morgan fingerprint density at radius 2 is 2.07 bits per heavy atom. The normalized spacial score (nSPS) is 21.7. The maximum atomic E-state index is 12.6. The van der Waals surface area contributed by atoms with Gasteiger partial charge in [-0.2, -0.15) is 5.10 Å². The number of amides is 1. The average molecular weight is 388 g/mol. The molecule has 2 aliphatic rings. The van der Waals surface area contributed by atoms with Gasteiger partial charge in [0.2, 0.25) is 5.91 Å². The van der Waals surface area contributed by atoms with Crippen LogP contribution in [0.2, 0.25) is 0 Å². The molecule has 0 bridgehead atoms. The molecule has 1 aromatic heterocycles. The number of nitrogens with zero attached hydrogens (tertiary/aromatic N) is 3. The maximum absolute atomic E-state index is 12.6. The van der Waals surface area contributed by atoms with Crippen molar-refractivity contribution in [3.63, 3.8) is 0 Å². The predicted octanol–water partition coefficient (Wildman–Crippen LogP) is 1.55. The number of carbonyl (C=O) groups excluding carboxylic acids is 1. The number of aryl methyl sites for hydroxylation is 1. The van der Waals surface area contributed by atoms with Crippen molar-refractivity contribution < 1.29 is 13.2 Å². The van der Waals surface area contributed by atoms with E-state index in [1.165, 1.54) is 11.1 Å². The Hall–Kier alpha value is -2.19. The Morgan fingerprint density at radius 1 is 1.30 bits per heavy atom. The number of rotatable bonds is 4. The van der Waals surface area contributed by atoms with E-state index in [0.29, 0.717) is 18.8 Å². The lowest BCUT2D eigenvalue weighted by Crippen LogP contribution is -2.37. The molecule has 0 aliphatic carbocycles. The summed E-state index contributed by atoms with van der Waals surface area (Å²) in [5, 5.41) is 7.34. The van der Waals surface area contributed by atoms with Crippen LogP contribution in [0.3, 0.4) is 0 Å². The molecule has 8 heteroatoms. The van der Waals surface area contributed by atoms with Gasteiger partial charge in [0.15, 0.2) is 9.84 Å². The van der Waals surface area contributed by atoms with E-state index in [4.69, 9.17) is 0 Å². The number of benzene rings is 1. The number of aromatic nitrogens is 2. The molecule has 0 spiro atoms. The van der Waals surface area contributed by atoms with E-state index in [1.807, 2.05) is 19.1 Å². The Balaban J connectivity index is 1.42. The second-order valence-corrected chi connectivity index (χ2v) is 9.68. The fraction of sp³-hybridized carbons (Fsp3) is 0.474. The Bertz CT molecular complexity index is 967. The van der Waals surface area contributed by atoms with E-state index in [-0.39, 0.29) is 23.5 Å². The Labute approximate surface area is 159 Å². The van der Waals surface area contributed by atoms with Gasteiger partial charge in [-0.25, -0.2) is 13.1 Å². The summed E-state index contributed by atoms with van der Waals surface area (Å²) in [7, 11) is -3.01. The summed E-state index contributed by atoms with van der Waals surface area (Å²) in [6.45, 7) is 3.77. The lowest BCUT2D eigenvalue weighted by atomic mass is 10.00. The van der Waals surface area contributed by atoms with Crippen LogP contribution in [0.15, 0.2) is 30.3 Å². The SMILES string of the molecule is Cc1cc(NC(=O)CN2CCc3ccccc3C2)n([C@H]2CCS(=O)(=O)C2)n1. The van der Waals surface area contributed by atoms with E-state index < -0.39 is 9.84 Å². The van der Waals surface area contributed by atoms with E-state index in [1.54, 1.807) is 10.7 Å². The van der Waals surface area contributed by atoms with Gasteiger partial charge in [-0.3, -0.25) is 9.69 Å². The molecular formula is C19H24N4O3S. The second kappa shape index (κ2) is 7.09. The first-order chi connectivity index (χ1) is 12.9. The molecule has 1 N–H and O–H groups in total. The molecule has 4 rings (SSSR count). The quantitative estimate of drug-likeness (QED) is 0.859. The van der Waals surface area contributed by atoms with Gasteiger partial charge in [0.05, 0.1) is 29.8 Å². The van der Waals surface area contributed by atoms with Gasteiger partial charge in [-0.1, -0.05) is 24.3 Å². The van der Waals surface area contributed by atoms with Crippen molar-refractivity contribution >= 4 is 21.6 Å². The average Bonchev–Trinajstić information content (AvgIpc) is 3.16. The zero-order valence-corrected chi connectivity index (χ0v) is 16.2. The third kappa shape index (κ3) is 4.06. The van der Waals surface area contributed by atoms with Crippen molar-refractivity contribution in [2.75, 3.05) is 29.9 Å². The van der Waals surface area contributed by atoms with Gasteiger partial charge in [0, 0.05) is 19.2 Å². The predicted molar refractivity (Wildman–Crippen MR) is 103 cm³/mol. The summed E-state index contributed by atoms with van der Waals surface area (Å²) < 4.78 is 25.2. The van der Waals surface area contributed by atoms with Gasteiger partial charge >= 0.3 is 0 Å². The molecule has 1 saturated heterocycles. The van der Waals surface area contributed by atoms with E-state index >= 15 is 0 Å². The molecule has 1 atom stereocenters. The first-order valence-electron chi connectivity index (χ1n) is 9.25. The smallest absolute Gasteiger partial charge is 0.239 e. The first-order valence-corrected chi connectivity index (χ1v) is 11.1. The molecule has 1 amide bonds. The molecule has 27 heavy (non-hydrogen) atoms. The van der Waals surface area contributed by atoms with Crippen LogP contribution in [0.1, 0.15) is 29.3 Å². The zero-order chi connectivity index (χ0) is 19.0. The van der Waals surface area contributed by atoms with Crippen LogP contribution >= 0.6 is 0 Å².